The van der Waals surface area contributed by atoms with Gasteiger partial charge in [0.1, 0.15) is 29.3 Å². The lowest BCUT2D eigenvalue weighted by Crippen LogP contribution is -2.41. The third-order valence-corrected chi connectivity index (χ3v) is 8.94. The van der Waals surface area contributed by atoms with Crippen molar-refractivity contribution in [2.24, 2.45) is 5.92 Å². The minimum Gasteiger partial charge on any atom is -0.489 e. The Morgan fingerprint density at radius 1 is 1.14 bits per heavy atom. The summed E-state index contributed by atoms with van der Waals surface area (Å²) in [6, 6.07) is 15.3. The van der Waals surface area contributed by atoms with Crippen LogP contribution < -0.4 is 9.47 Å². The fourth-order valence-corrected chi connectivity index (χ4v) is 6.03. The normalized spacial score (nSPS) is 24.7. The summed E-state index contributed by atoms with van der Waals surface area (Å²) in [5.41, 5.74) is 1.12. The van der Waals surface area contributed by atoms with E-state index in [2.05, 4.69) is 0 Å². The zero-order valence-electron chi connectivity index (χ0n) is 20.7. The van der Waals surface area contributed by atoms with Crippen LogP contribution in [-0.2, 0) is 20.0 Å². The van der Waals surface area contributed by atoms with E-state index in [1.165, 1.54) is 14.2 Å². The predicted molar refractivity (Wildman–Crippen MR) is 134 cm³/mol. The Morgan fingerprint density at radius 2 is 1.86 bits per heavy atom. The standard InChI is InChI=1S/C27H35O7P/c1-27(2,34-19-10-6-5-7-11-19)24(29)14-13-20-22(28)17-23-25(20)21-12-8-9-18(26(21)33-23)15-16-35(30,31-3)32-4/h5-14,20,22-25,28-29H,15-17H2,1-4H3/b14-13+/t20-,22+,23-,24+,25-/m0/s1. The van der Waals surface area contributed by atoms with Gasteiger partial charge in [-0.3, -0.25) is 4.57 Å². The van der Waals surface area contributed by atoms with Crippen LogP contribution in [0.15, 0.2) is 60.7 Å². The van der Waals surface area contributed by atoms with Crippen LogP contribution in [0, 0.1) is 5.92 Å². The fourth-order valence-electron chi connectivity index (χ4n) is 5.00. The first kappa shape index (κ1) is 25.9. The molecule has 2 aromatic rings. The van der Waals surface area contributed by atoms with Gasteiger partial charge in [-0.15, -0.1) is 0 Å². The molecular weight excluding hydrogens is 467 g/mol. The van der Waals surface area contributed by atoms with Crippen LogP contribution in [0.3, 0.4) is 0 Å². The first-order chi connectivity index (χ1) is 16.7. The molecule has 1 heterocycles. The molecule has 5 atom stereocenters. The van der Waals surface area contributed by atoms with E-state index in [-0.39, 0.29) is 24.1 Å². The minimum atomic E-state index is -3.13. The van der Waals surface area contributed by atoms with Crippen LogP contribution in [-0.4, -0.2) is 54.5 Å². The average molecular weight is 503 g/mol. The summed E-state index contributed by atoms with van der Waals surface area (Å²) in [6.45, 7) is 3.67. The van der Waals surface area contributed by atoms with Gasteiger partial charge in [0.25, 0.3) is 0 Å². The van der Waals surface area contributed by atoms with Crippen LogP contribution in [0.25, 0.3) is 0 Å². The van der Waals surface area contributed by atoms with Gasteiger partial charge in [-0.05, 0) is 38.0 Å². The molecule has 1 saturated carbocycles. The van der Waals surface area contributed by atoms with Gasteiger partial charge < -0.3 is 28.7 Å². The van der Waals surface area contributed by atoms with Gasteiger partial charge >= 0.3 is 7.60 Å². The van der Waals surface area contributed by atoms with Crippen LogP contribution >= 0.6 is 7.60 Å². The molecular formula is C27H35O7P. The largest absolute Gasteiger partial charge is 0.489 e. The van der Waals surface area contributed by atoms with E-state index in [9.17, 15) is 14.8 Å². The molecule has 2 N–H and O–H groups in total. The number of rotatable bonds is 10. The van der Waals surface area contributed by atoms with Crippen LogP contribution in [0.4, 0.5) is 0 Å². The molecule has 0 spiro atoms. The fraction of sp³-hybridized carbons (Fsp3) is 0.481. The van der Waals surface area contributed by atoms with E-state index in [4.69, 9.17) is 18.5 Å². The second-order valence-corrected chi connectivity index (χ2v) is 12.1. The van der Waals surface area contributed by atoms with Crippen molar-refractivity contribution < 1.29 is 33.3 Å². The zero-order valence-corrected chi connectivity index (χ0v) is 21.6. The Morgan fingerprint density at radius 3 is 2.54 bits per heavy atom. The molecule has 190 valence electrons. The molecule has 1 aliphatic heterocycles. The molecule has 1 aliphatic carbocycles. The monoisotopic (exact) mass is 502 g/mol. The highest BCUT2D eigenvalue weighted by Gasteiger charge is 2.49. The van der Waals surface area contributed by atoms with Gasteiger partial charge in [0.15, 0.2) is 0 Å². The number of aliphatic hydroxyl groups excluding tert-OH is 2. The Kier molecular flexibility index (Phi) is 7.74. The van der Waals surface area contributed by atoms with Crippen molar-refractivity contribution >= 4 is 7.60 Å². The number of ether oxygens (including phenoxy) is 2. The Balaban J connectivity index is 1.50. The van der Waals surface area contributed by atoms with Crippen molar-refractivity contribution in [2.75, 3.05) is 20.4 Å². The number of fused-ring (bicyclic) bond motifs is 3. The molecule has 0 saturated heterocycles. The zero-order chi connectivity index (χ0) is 25.2. The Bertz CT molecular complexity index is 1080. The van der Waals surface area contributed by atoms with E-state index >= 15 is 0 Å². The van der Waals surface area contributed by atoms with E-state index in [1.807, 2.05) is 68.5 Å². The number of para-hydroxylation sites is 2. The molecule has 0 unspecified atom stereocenters. The van der Waals surface area contributed by atoms with Gasteiger partial charge in [-0.25, -0.2) is 0 Å². The molecule has 2 aromatic carbocycles. The predicted octanol–water partition coefficient (Wildman–Crippen LogP) is 4.72. The average Bonchev–Trinajstić information content (AvgIpc) is 3.36. The second-order valence-electron chi connectivity index (χ2n) is 9.70. The van der Waals surface area contributed by atoms with Gasteiger partial charge in [0.05, 0.1) is 12.3 Å². The molecule has 0 amide bonds. The van der Waals surface area contributed by atoms with Gasteiger partial charge in [-0.2, -0.15) is 0 Å². The quantitative estimate of drug-likeness (QED) is 0.359. The van der Waals surface area contributed by atoms with Gasteiger partial charge in [0, 0.05) is 38.0 Å². The number of hydrogen-bond donors (Lipinski definition) is 2. The van der Waals surface area contributed by atoms with Crippen LogP contribution in [0.2, 0.25) is 0 Å². The summed E-state index contributed by atoms with van der Waals surface area (Å²) in [6.07, 6.45) is 3.25. The van der Waals surface area contributed by atoms with Gasteiger partial charge in [0.2, 0.25) is 0 Å². The number of aryl methyl sites for hydroxylation is 1. The van der Waals surface area contributed by atoms with Crippen molar-refractivity contribution in [1.82, 2.24) is 0 Å². The topological polar surface area (TPSA) is 94.5 Å². The first-order valence-corrected chi connectivity index (χ1v) is 13.7. The summed E-state index contributed by atoms with van der Waals surface area (Å²) in [5, 5.41) is 21.7. The van der Waals surface area contributed by atoms with Crippen molar-refractivity contribution in [2.45, 2.75) is 56.5 Å². The lowest BCUT2D eigenvalue weighted by molar-refractivity contribution is -0.00221. The van der Waals surface area contributed by atoms with E-state index in [0.29, 0.717) is 18.6 Å². The van der Waals surface area contributed by atoms with E-state index in [0.717, 1.165) is 16.9 Å². The van der Waals surface area contributed by atoms with Crippen molar-refractivity contribution in [3.05, 3.63) is 71.8 Å². The molecule has 7 nitrogen and oxygen atoms in total. The summed E-state index contributed by atoms with van der Waals surface area (Å²) in [5.74, 6) is 1.24. The molecule has 0 bridgehead atoms. The van der Waals surface area contributed by atoms with E-state index in [1.54, 1.807) is 6.08 Å². The molecule has 35 heavy (non-hydrogen) atoms. The molecule has 1 fully saturated rings. The SMILES string of the molecule is COP(=O)(CCc1cccc2c1O[C@H]1C[C@@H](O)[C@H](/C=C/[C@@H](O)C(C)(C)Oc3ccccc3)[C@@H]21)OC. The third kappa shape index (κ3) is 5.50. The number of hydrogen-bond acceptors (Lipinski definition) is 7. The summed E-state index contributed by atoms with van der Waals surface area (Å²) in [7, 11) is -0.350. The second kappa shape index (κ2) is 10.5. The van der Waals surface area contributed by atoms with Crippen molar-refractivity contribution in [3.8, 4) is 11.5 Å². The lowest BCUT2D eigenvalue weighted by Gasteiger charge is -2.30. The maximum atomic E-state index is 12.5. The van der Waals surface area contributed by atoms with Crippen molar-refractivity contribution in [3.63, 3.8) is 0 Å². The molecule has 2 aliphatic rings. The number of benzene rings is 2. The van der Waals surface area contributed by atoms with Crippen LogP contribution in [0.5, 0.6) is 11.5 Å². The molecule has 8 heteroatoms. The third-order valence-electron chi connectivity index (χ3n) is 7.05. The highest BCUT2D eigenvalue weighted by Crippen LogP contribution is 2.53. The first-order valence-electron chi connectivity index (χ1n) is 11.9. The molecule has 0 radical (unpaired) electrons. The highest BCUT2D eigenvalue weighted by atomic mass is 31.2. The van der Waals surface area contributed by atoms with Crippen molar-refractivity contribution in [1.29, 1.82) is 0 Å². The Labute approximate surface area is 207 Å². The smallest absolute Gasteiger partial charge is 0.330 e. The summed E-state index contributed by atoms with van der Waals surface area (Å²) < 4.78 is 34.9. The maximum Gasteiger partial charge on any atom is 0.330 e. The van der Waals surface area contributed by atoms with Gasteiger partial charge in [-0.1, -0.05) is 48.6 Å². The highest BCUT2D eigenvalue weighted by molar-refractivity contribution is 7.53. The summed E-state index contributed by atoms with van der Waals surface area (Å²) in [4.78, 5) is 0. The maximum absolute atomic E-state index is 12.5. The van der Waals surface area contributed by atoms with E-state index < -0.39 is 25.4 Å². The Hall–Kier alpha value is -2.15. The summed E-state index contributed by atoms with van der Waals surface area (Å²) >= 11 is 0. The number of aliphatic hydroxyl groups is 2. The van der Waals surface area contributed by atoms with Crippen LogP contribution in [0.1, 0.15) is 37.3 Å². The molecule has 0 aromatic heterocycles. The minimum absolute atomic E-state index is 0.0294. The lowest BCUT2D eigenvalue weighted by atomic mass is 9.86. The molecule has 4 rings (SSSR count).